The van der Waals surface area contributed by atoms with Crippen LogP contribution in [-0.2, 0) is 31.8 Å². The van der Waals surface area contributed by atoms with E-state index in [0.717, 1.165) is 49.5 Å². The molecule has 0 bridgehead atoms. The van der Waals surface area contributed by atoms with Gasteiger partial charge in [-0.3, -0.25) is 9.69 Å². The number of aromatic nitrogens is 1. The van der Waals surface area contributed by atoms with E-state index < -0.39 is 5.97 Å². The number of rotatable bonds is 10. The third kappa shape index (κ3) is 6.59. The van der Waals surface area contributed by atoms with Crippen molar-refractivity contribution in [2.24, 2.45) is 0 Å². The Hall–Kier alpha value is -4.57. The second-order valence-corrected chi connectivity index (χ2v) is 10.7. The average molecular weight is 585 g/mol. The number of pyridine rings is 1. The Labute approximate surface area is 251 Å². The van der Waals surface area contributed by atoms with Crippen molar-refractivity contribution >= 4 is 17.6 Å². The third-order valence-corrected chi connectivity index (χ3v) is 8.07. The molecule has 1 amide bonds. The van der Waals surface area contributed by atoms with Crippen LogP contribution in [-0.4, -0.2) is 85.4 Å². The topological polar surface area (TPSA) is 93.7 Å². The van der Waals surface area contributed by atoms with Gasteiger partial charge in [0, 0.05) is 56.2 Å². The lowest BCUT2D eigenvalue weighted by molar-refractivity contribution is -0.131. The van der Waals surface area contributed by atoms with Gasteiger partial charge in [0.1, 0.15) is 12.0 Å². The first-order chi connectivity index (χ1) is 21.1. The average Bonchev–Trinajstić information content (AvgIpc) is 3.72. The molecule has 2 aromatic carbocycles. The molecule has 3 aromatic rings. The second-order valence-electron chi connectivity index (χ2n) is 10.7. The van der Waals surface area contributed by atoms with Gasteiger partial charge < -0.3 is 28.7 Å². The molecule has 0 radical (unpaired) electrons. The Morgan fingerprint density at radius 1 is 0.977 bits per heavy atom. The molecule has 6 rings (SSSR count). The number of piperazine rings is 1. The van der Waals surface area contributed by atoms with E-state index >= 15 is 0 Å². The van der Waals surface area contributed by atoms with Gasteiger partial charge in [0.2, 0.25) is 18.6 Å². The Morgan fingerprint density at radius 2 is 1.81 bits per heavy atom. The number of hydrogen-bond donors (Lipinski definition) is 0. The molecule has 10 nitrogen and oxygen atoms in total. The fraction of sp³-hybridized carbons (Fsp3) is 0.364. The lowest BCUT2D eigenvalue weighted by atomic mass is 10.0. The largest absolute Gasteiger partial charge is 0.462 e. The van der Waals surface area contributed by atoms with Gasteiger partial charge in [-0.1, -0.05) is 36.4 Å². The fourth-order valence-electron chi connectivity index (χ4n) is 5.84. The molecule has 1 unspecified atom stereocenters. The van der Waals surface area contributed by atoms with Crippen molar-refractivity contribution in [1.82, 2.24) is 14.8 Å². The number of carbonyl (C=O) groups excluding carboxylic acids is 2. The standard InChI is InChI=1S/C33H36N4O6/c1-2-41-33(39)25-11-12-31(34-20-25)43-29-10-6-9-27-26(29)13-14-37(27)21-32(38)36-17-15-35(16-18-36)28(30-22-40-23-42-30)19-24-7-4-3-5-8-24/h3-12,20,22,28H,2,13-19,21,23H2,1H3. The molecule has 3 aliphatic rings. The minimum Gasteiger partial charge on any atom is -0.462 e. The summed E-state index contributed by atoms with van der Waals surface area (Å²) >= 11 is 0. The minimum atomic E-state index is -0.411. The number of benzene rings is 2. The van der Waals surface area contributed by atoms with Crippen molar-refractivity contribution in [3.05, 3.63) is 95.6 Å². The molecule has 1 atom stereocenters. The number of ether oxygens (including phenoxy) is 4. The number of esters is 1. The van der Waals surface area contributed by atoms with Crippen molar-refractivity contribution in [2.45, 2.75) is 25.8 Å². The Kier molecular flexibility index (Phi) is 8.74. The Bertz CT molecular complexity index is 1450. The predicted octanol–water partition coefficient (Wildman–Crippen LogP) is 4.01. The molecule has 1 aromatic heterocycles. The lowest BCUT2D eigenvalue weighted by Gasteiger charge is -2.39. The number of carbonyl (C=O) groups is 2. The van der Waals surface area contributed by atoms with Gasteiger partial charge in [-0.05, 0) is 43.5 Å². The van der Waals surface area contributed by atoms with E-state index in [4.69, 9.17) is 18.9 Å². The monoisotopic (exact) mass is 584 g/mol. The van der Waals surface area contributed by atoms with Crippen LogP contribution in [0.25, 0.3) is 0 Å². The van der Waals surface area contributed by atoms with Crippen LogP contribution in [0.2, 0.25) is 0 Å². The van der Waals surface area contributed by atoms with Gasteiger partial charge in [0.25, 0.3) is 0 Å². The maximum Gasteiger partial charge on any atom is 0.339 e. The zero-order chi connectivity index (χ0) is 29.6. The molecule has 0 N–H and O–H groups in total. The van der Waals surface area contributed by atoms with Crippen molar-refractivity contribution < 1.29 is 28.5 Å². The molecular weight excluding hydrogens is 548 g/mol. The third-order valence-electron chi connectivity index (χ3n) is 8.07. The van der Waals surface area contributed by atoms with Gasteiger partial charge in [0.15, 0.2) is 5.76 Å². The Morgan fingerprint density at radius 3 is 2.53 bits per heavy atom. The van der Waals surface area contributed by atoms with Crippen molar-refractivity contribution in [3.8, 4) is 11.6 Å². The highest BCUT2D eigenvalue weighted by Gasteiger charge is 2.32. The van der Waals surface area contributed by atoms with Crippen LogP contribution in [0, 0.1) is 0 Å². The summed E-state index contributed by atoms with van der Waals surface area (Å²) in [5, 5.41) is 0. The summed E-state index contributed by atoms with van der Waals surface area (Å²) in [6.45, 7) is 6.23. The van der Waals surface area contributed by atoms with E-state index in [0.29, 0.717) is 43.4 Å². The van der Waals surface area contributed by atoms with Gasteiger partial charge >= 0.3 is 5.97 Å². The fourth-order valence-corrected chi connectivity index (χ4v) is 5.84. The summed E-state index contributed by atoms with van der Waals surface area (Å²) in [6.07, 6.45) is 4.77. The van der Waals surface area contributed by atoms with Gasteiger partial charge in [-0.2, -0.15) is 0 Å². The molecule has 0 saturated carbocycles. The predicted molar refractivity (Wildman–Crippen MR) is 160 cm³/mol. The highest BCUT2D eigenvalue weighted by molar-refractivity contribution is 5.89. The molecular formula is C33H36N4O6. The Balaban J connectivity index is 1.06. The lowest BCUT2D eigenvalue weighted by Crippen LogP contribution is -2.54. The first-order valence-electron chi connectivity index (χ1n) is 14.8. The summed E-state index contributed by atoms with van der Waals surface area (Å²) in [5.41, 5.74) is 3.67. The van der Waals surface area contributed by atoms with Crippen molar-refractivity contribution in [3.63, 3.8) is 0 Å². The highest BCUT2D eigenvalue weighted by atomic mass is 16.7. The number of fused-ring (bicyclic) bond motifs is 1. The highest BCUT2D eigenvalue weighted by Crippen LogP contribution is 2.37. The van der Waals surface area contributed by atoms with Crippen LogP contribution in [0.4, 0.5) is 5.69 Å². The summed E-state index contributed by atoms with van der Waals surface area (Å²) in [5.74, 6) is 1.65. The van der Waals surface area contributed by atoms with Crippen LogP contribution in [0.3, 0.4) is 0 Å². The molecule has 0 aliphatic carbocycles. The quantitative estimate of drug-likeness (QED) is 0.328. The molecule has 10 heteroatoms. The molecule has 1 fully saturated rings. The first-order valence-corrected chi connectivity index (χ1v) is 14.8. The molecule has 0 spiro atoms. The van der Waals surface area contributed by atoms with E-state index in [1.165, 1.54) is 11.8 Å². The summed E-state index contributed by atoms with van der Waals surface area (Å²) in [7, 11) is 0. The van der Waals surface area contributed by atoms with Crippen molar-refractivity contribution in [2.75, 3.05) is 57.6 Å². The summed E-state index contributed by atoms with van der Waals surface area (Å²) in [4.78, 5) is 36.1. The zero-order valence-corrected chi connectivity index (χ0v) is 24.3. The van der Waals surface area contributed by atoms with Crippen LogP contribution in [0.5, 0.6) is 11.6 Å². The van der Waals surface area contributed by atoms with Gasteiger partial charge in [-0.15, -0.1) is 0 Å². The first kappa shape index (κ1) is 28.5. The van der Waals surface area contributed by atoms with E-state index in [1.807, 2.05) is 29.2 Å². The van der Waals surface area contributed by atoms with Crippen LogP contribution >= 0.6 is 0 Å². The van der Waals surface area contributed by atoms with E-state index in [-0.39, 0.29) is 18.7 Å². The van der Waals surface area contributed by atoms with Crippen LogP contribution < -0.4 is 9.64 Å². The minimum absolute atomic E-state index is 0.0712. The van der Waals surface area contributed by atoms with E-state index in [1.54, 1.807) is 25.3 Å². The number of hydrogen-bond acceptors (Lipinski definition) is 9. The van der Waals surface area contributed by atoms with Crippen LogP contribution in [0.15, 0.2) is 78.9 Å². The number of anilines is 1. The summed E-state index contributed by atoms with van der Waals surface area (Å²) < 4.78 is 22.3. The number of nitrogens with zero attached hydrogens (tertiary/aromatic N) is 4. The normalized spacial score (nSPS) is 17.0. The molecule has 43 heavy (non-hydrogen) atoms. The van der Waals surface area contributed by atoms with E-state index in [9.17, 15) is 9.59 Å². The molecule has 3 aliphatic heterocycles. The number of amides is 1. The molecule has 4 heterocycles. The smallest absolute Gasteiger partial charge is 0.339 e. The molecule has 1 saturated heterocycles. The SMILES string of the molecule is CCOC(=O)c1ccc(Oc2cccc3c2CCN3CC(=O)N2CCN(C(Cc3ccccc3)C3=COCO3)CC2)nc1. The van der Waals surface area contributed by atoms with E-state index in [2.05, 4.69) is 39.0 Å². The van der Waals surface area contributed by atoms with Gasteiger partial charge in [0.05, 0.1) is 24.8 Å². The van der Waals surface area contributed by atoms with Gasteiger partial charge in [-0.25, -0.2) is 9.78 Å². The maximum atomic E-state index is 13.4. The molecule has 224 valence electrons. The second kappa shape index (κ2) is 13.2. The van der Waals surface area contributed by atoms with Crippen molar-refractivity contribution in [1.29, 1.82) is 0 Å². The van der Waals surface area contributed by atoms with Crippen LogP contribution in [0.1, 0.15) is 28.4 Å². The zero-order valence-electron chi connectivity index (χ0n) is 24.3. The summed E-state index contributed by atoms with van der Waals surface area (Å²) in [6, 6.07) is 19.6. The maximum absolute atomic E-state index is 13.4.